The van der Waals surface area contributed by atoms with Gasteiger partial charge in [0.2, 0.25) is 0 Å². The number of aryl methyl sites for hydroxylation is 1. The number of hydrogen-bond donors (Lipinski definition) is 0. The van der Waals surface area contributed by atoms with E-state index in [2.05, 4.69) is 48.0 Å². The molecule has 23 aliphatic rings. The summed E-state index contributed by atoms with van der Waals surface area (Å²) in [4.78, 5) is 1.75. The van der Waals surface area contributed by atoms with Crippen LogP contribution in [-0.2, 0) is 16.6 Å². The van der Waals surface area contributed by atoms with Crippen molar-refractivity contribution in [2.75, 3.05) is 0 Å². The van der Waals surface area contributed by atoms with E-state index in [1.54, 1.807) is 10.5 Å². The smallest absolute Gasteiger partial charge is 0.0645 e. The Labute approximate surface area is 394 Å². The molecule has 1 saturated carbocycles. The van der Waals surface area contributed by atoms with E-state index in [9.17, 15) is 0 Å². The lowest BCUT2D eigenvalue weighted by Gasteiger charge is -2.65. The first-order valence-corrected chi connectivity index (χ1v) is 29.2. The van der Waals surface area contributed by atoms with Gasteiger partial charge in [-0.2, -0.15) is 0 Å². The summed E-state index contributed by atoms with van der Waals surface area (Å²) < 4.78 is 0.0775. The number of benzene rings is 10. The third-order valence-electron chi connectivity index (χ3n) is 30.7. The maximum absolute atomic E-state index is 2.73. The van der Waals surface area contributed by atoms with Crippen molar-refractivity contribution in [1.29, 1.82) is 0 Å². The molecule has 1 heteroatoms. The van der Waals surface area contributed by atoms with Crippen LogP contribution in [0.3, 0.4) is 0 Å². The molecule has 0 amide bonds. The lowest BCUT2D eigenvalue weighted by molar-refractivity contribution is 0.0338. The van der Waals surface area contributed by atoms with Gasteiger partial charge >= 0.3 is 0 Å². The Morgan fingerprint density at radius 2 is 0.638 bits per heavy atom. The standard InChI is InChI=1S/C68H28S/c1-2-6-4-3-5-7-62(6)67-63-54-46-36-26-18-10-8-9-12-16-14(10)22-30-24(16)34-28-20(12)21-13(9)17-15-11(8)19(18)27-33-23(15)31-25(17)35-29(21)39-38(28)50-44(34)52-42(30)48(40(46)32(22)26)56(63)58(52)65-60(50)61-51(39)45(35)53-43(31)49-41(33)47(37(27)36)55(54)64(67)57(49)59(53)66(61)68(65,67)69-7/h3-5,10,12,14,16,18,20,26,28,36-39,47,51,55,57,59,61,64,66H,2H2,1H3. The van der Waals surface area contributed by atoms with Crippen LogP contribution < -0.4 is 0 Å². The van der Waals surface area contributed by atoms with Gasteiger partial charge in [0.1, 0.15) is 0 Å². The quantitative estimate of drug-likeness (QED) is 0.148. The maximum atomic E-state index is 2.73. The molecule has 22 atom stereocenters. The zero-order chi connectivity index (χ0) is 40.8. The molecular weight excluding hydrogens is 849 g/mol. The Hall–Kier alpha value is -5.37. The van der Waals surface area contributed by atoms with Gasteiger partial charge in [0, 0.05) is 10.3 Å². The first-order valence-electron chi connectivity index (χ1n) is 28.4. The molecule has 1 heterocycles. The van der Waals surface area contributed by atoms with Crippen LogP contribution in [0.15, 0.2) is 23.1 Å². The summed E-state index contributed by atoms with van der Waals surface area (Å²) in [7, 11) is 0. The summed E-state index contributed by atoms with van der Waals surface area (Å²) in [6.45, 7) is 2.57. The van der Waals surface area contributed by atoms with Gasteiger partial charge in [-0.05, 0) is 351 Å². The third kappa shape index (κ3) is 1.48. The Kier molecular flexibility index (Phi) is 2.48. The van der Waals surface area contributed by atoms with Gasteiger partial charge in [-0.1, -0.05) is 19.1 Å². The van der Waals surface area contributed by atoms with Crippen molar-refractivity contribution < 1.29 is 0 Å². The summed E-state index contributed by atoms with van der Waals surface area (Å²) in [5, 5.41) is 30.8. The highest BCUT2D eigenvalue weighted by atomic mass is 32.2. The zero-order valence-electron chi connectivity index (χ0n) is 36.9. The molecule has 22 aliphatic carbocycles. The summed E-state index contributed by atoms with van der Waals surface area (Å²) in [5.41, 5.74) is 48.4. The minimum Gasteiger partial charge on any atom is -0.112 e. The van der Waals surface area contributed by atoms with Crippen molar-refractivity contribution >= 4 is 97.9 Å². The highest BCUT2D eigenvalue weighted by Crippen LogP contribution is 3.01. The van der Waals surface area contributed by atoms with E-state index in [0.717, 1.165) is 0 Å². The largest absolute Gasteiger partial charge is 0.112 e. The van der Waals surface area contributed by atoms with E-state index in [0.29, 0.717) is 118 Å². The van der Waals surface area contributed by atoms with Crippen LogP contribution in [0.2, 0.25) is 0 Å². The highest BCUT2D eigenvalue weighted by Gasteiger charge is 2.89. The third-order valence-corrected chi connectivity index (χ3v) is 32.4. The van der Waals surface area contributed by atoms with E-state index in [4.69, 9.17) is 0 Å². The van der Waals surface area contributed by atoms with Gasteiger partial charge in [0.05, 0.1) is 4.75 Å². The molecule has 0 nitrogen and oxygen atoms in total. The topological polar surface area (TPSA) is 0 Å². The minimum absolute atomic E-state index is 0.0488. The second kappa shape index (κ2) is 6.28. The molecule has 1 fully saturated rings. The molecule has 0 radical (unpaired) electrons. The van der Waals surface area contributed by atoms with E-state index < -0.39 is 0 Å². The highest BCUT2D eigenvalue weighted by molar-refractivity contribution is 8.00. The minimum atomic E-state index is 0.0488. The molecule has 306 valence electrons. The van der Waals surface area contributed by atoms with Crippen LogP contribution in [0, 0.1) is 11.8 Å². The lowest BCUT2D eigenvalue weighted by Crippen LogP contribution is -2.62. The lowest BCUT2D eigenvalue weighted by atomic mass is 9.39. The van der Waals surface area contributed by atoms with E-state index in [1.807, 2.05) is 203 Å². The van der Waals surface area contributed by atoms with Crippen LogP contribution in [0.25, 0.3) is 97.3 Å². The van der Waals surface area contributed by atoms with Crippen LogP contribution in [0.4, 0.5) is 0 Å². The van der Waals surface area contributed by atoms with Gasteiger partial charge in [0.15, 0.2) is 0 Å². The van der Waals surface area contributed by atoms with Gasteiger partial charge in [0.25, 0.3) is 0 Å². The summed E-state index contributed by atoms with van der Waals surface area (Å²) >= 11 is 2.59. The second-order valence-corrected chi connectivity index (χ2v) is 30.5. The molecule has 0 saturated heterocycles. The van der Waals surface area contributed by atoms with Crippen LogP contribution in [-0.4, -0.2) is 0 Å². The molecule has 0 aromatic heterocycles. The molecule has 0 N–H and O–H groups in total. The fraction of sp³-hybridized carbons (Fsp3) is 0.353. The number of thioether (sulfide) groups is 1. The number of fused-ring (bicyclic) bond motifs is 1. The van der Waals surface area contributed by atoms with E-state index in [1.165, 1.54) is 6.42 Å². The van der Waals surface area contributed by atoms with Crippen molar-refractivity contribution in [3.05, 3.63) is 141 Å². The SMILES string of the molecule is CCc1cccc2c1C13c4c5c6c7c8c9c%10c%11c%12c%13c%14c%15c(c%16c%13c%10c7c4-%16)C1(S2)C1C%15C2c4c7c%10c%13c%15c%16c%17c%18c%19c%20c%21c%22c%23c(c4c4c%22c%19c%16c%104)C2C%14C%12C%23C%21C%11C9C%20C%18C8C6C%17C%15C5C3C%13C71. The van der Waals surface area contributed by atoms with Gasteiger partial charge in [-0.15, -0.1) is 11.8 Å². The fourth-order valence-corrected chi connectivity index (χ4v) is 34.4. The molecule has 69 heavy (non-hydrogen) atoms. The van der Waals surface area contributed by atoms with Gasteiger partial charge < -0.3 is 0 Å². The van der Waals surface area contributed by atoms with Gasteiger partial charge in [-0.3, -0.25) is 0 Å². The Morgan fingerprint density at radius 3 is 1.09 bits per heavy atom. The Bertz CT molecular complexity index is 5440. The van der Waals surface area contributed by atoms with Crippen LogP contribution >= 0.6 is 11.8 Å². The van der Waals surface area contributed by atoms with Crippen LogP contribution in [0.1, 0.15) is 236 Å². The number of rotatable bonds is 1. The Morgan fingerprint density at radius 1 is 0.319 bits per heavy atom. The normalized spacial score (nSPS) is 48.5. The molecule has 11 aromatic rings. The monoisotopic (exact) mass is 876 g/mol. The average molecular weight is 877 g/mol. The fourth-order valence-electron chi connectivity index (χ4n) is 32.2. The number of hydrogen-bond acceptors (Lipinski definition) is 1. The zero-order valence-corrected chi connectivity index (χ0v) is 37.7. The molecule has 22 unspecified atom stereocenters. The average Bonchev–Trinajstić information content (AvgIpc) is 4.26. The molecular formula is C68H28S. The van der Waals surface area contributed by atoms with Crippen molar-refractivity contribution in [2.24, 2.45) is 11.8 Å². The van der Waals surface area contributed by atoms with E-state index >= 15 is 0 Å². The first-order chi connectivity index (χ1) is 34.4. The first kappa shape index (κ1) is 27.3. The molecule has 11 aromatic carbocycles. The van der Waals surface area contributed by atoms with Crippen molar-refractivity contribution in [3.63, 3.8) is 0 Å². The van der Waals surface area contributed by atoms with Crippen LogP contribution in [0.5, 0.6) is 0 Å². The predicted octanol–water partition coefficient (Wildman–Crippen LogP) is 15.1. The van der Waals surface area contributed by atoms with E-state index in [-0.39, 0.29) is 10.2 Å². The van der Waals surface area contributed by atoms with Crippen molar-refractivity contribution in [2.45, 2.75) is 135 Å². The summed E-state index contributed by atoms with van der Waals surface area (Å²) in [6, 6.07) is 7.95. The Balaban J connectivity index is 1.04. The second-order valence-electron chi connectivity index (χ2n) is 29.3. The molecule has 2 spiro atoms. The molecule has 1 aliphatic heterocycles. The molecule has 0 bridgehead atoms. The maximum Gasteiger partial charge on any atom is 0.0645 e. The predicted molar refractivity (Wildman–Crippen MR) is 266 cm³/mol. The molecule has 34 rings (SSSR count). The van der Waals surface area contributed by atoms with Gasteiger partial charge in [-0.25, -0.2) is 0 Å². The summed E-state index contributed by atoms with van der Waals surface area (Å²) in [6.07, 6.45) is 1.17. The van der Waals surface area contributed by atoms with Crippen molar-refractivity contribution in [3.8, 4) is 11.1 Å². The van der Waals surface area contributed by atoms with Crippen molar-refractivity contribution in [1.82, 2.24) is 0 Å². The summed E-state index contributed by atoms with van der Waals surface area (Å²) in [5.74, 6) is 13.5.